The molecule has 1 aromatic heterocycles. The van der Waals surface area contributed by atoms with Gasteiger partial charge in [0.25, 0.3) is 0 Å². The summed E-state index contributed by atoms with van der Waals surface area (Å²) in [6.45, 7) is 2.02. The third-order valence-corrected chi connectivity index (χ3v) is 5.29. The van der Waals surface area contributed by atoms with Gasteiger partial charge in [0.2, 0.25) is 5.78 Å². The number of carboxylic acids is 1. The molecule has 0 bridgehead atoms. The van der Waals surface area contributed by atoms with Gasteiger partial charge < -0.3 is 9.84 Å². The molecule has 1 aliphatic rings. The summed E-state index contributed by atoms with van der Waals surface area (Å²) in [6, 6.07) is 21.9. The molecule has 4 aromatic rings. The summed E-state index contributed by atoms with van der Waals surface area (Å²) in [5.74, 6) is -0.976. The number of ether oxygens (including phenoxy) is 1. The number of carbonyl (C=O) groups is 2. The van der Waals surface area contributed by atoms with E-state index in [1.807, 2.05) is 67.7 Å². The van der Waals surface area contributed by atoms with Gasteiger partial charge in [-0.3, -0.25) is 4.79 Å². The molecule has 0 saturated heterocycles. The first-order chi connectivity index (χ1) is 15.5. The average molecular weight is 422 g/mol. The Morgan fingerprint density at radius 1 is 1.03 bits per heavy atom. The Labute approximate surface area is 184 Å². The fourth-order valence-electron chi connectivity index (χ4n) is 3.60. The van der Waals surface area contributed by atoms with E-state index in [1.54, 1.807) is 10.8 Å². The summed E-state index contributed by atoms with van der Waals surface area (Å²) in [6.07, 6.45) is 3.50. The second-order valence-electron chi connectivity index (χ2n) is 7.54. The maximum Gasteiger partial charge on any atom is 0.335 e. The predicted molar refractivity (Wildman–Crippen MR) is 120 cm³/mol. The Kier molecular flexibility index (Phi) is 4.67. The van der Waals surface area contributed by atoms with Gasteiger partial charge in [-0.05, 0) is 43.3 Å². The van der Waals surface area contributed by atoms with Crippen molar-refractivity contribution in [1.29, 1.82) is 0 Å². The van der Waals surface area contributed by atoms with Crippen molar-refractivity contribution < 1.29 is 19.4 Å². The number of ketones is 1. The minimum atomic E-state index is -1.09. The molecule has 0 amide bonds. The zero-order valence-electron chi connectivity index (χ0n) is 17.1. The van der Waals surface area contributed by atoms with Gasteiger partial charge in [0.1, 0.15) is 11.4 Å². The third kappa shape index (κ3) is 3.48. The van der Waals surface area contributed by atoms with Crippen molar-refractivity contribution in [3.63, 3.8) is 0 Å². The van der Waals surface area contributed by atoms with Crippen LogP contribution in [0.5, 0.6) is 5.75 Å². The van der Waals surface area contributed by atoms with Gasteiger partial charge in [-0.1, -0.05) is 48.0 Å². The number of benzene rings is 3. The van der Waals surface area contributed by atoms with Crippen molar-refractivity contribution in [1.82, 2.24) is 9.78 Å². The molecule has 156 valence electrons. The fraction of sp³-hybridized carbons (Fsp3) is 0.0385. The van der Waals surface area contributed by atoms with Crippen LogP contribution in [-0.2, 0) is 0 Å². The van der Waals surface area contributed by atoms with Gasteiger partial charge in [0.05, 0.1) is 16.8 Å². The molecule has 0 radical (unpaired) electrons. The molecule has 0 fully saturated rings. The van der Waals surface area contributed by atoms with Crippen molar-refractivity contribution in [2.75, 3.05) is 0 Å². The standard InChI is InChI=1S/C26H18N2O4/c1-16-7-9-17(10-8-16)24-19(15-28(27-24)20-5-3-2-4-6-20)14-23-25(29)21-13-18(26(30)31)11-12-22(21)32-23/h2-15H,1H3,(H,30,31). The summed E-state index contributed by atoms with van der Waals surface area (Å²) in [5, 5.41) is 14.0. The first-order valence-electron chi connectivity index (χ1n) is 10.0. The van der Waals surface area contributed by atoms with E-state index >= 15 is 0 Å². The molecule has 0 spiro atoms. The molecule has 0 atom stereocenters. The van der Waals surface area contributed by atoms with Crippen molar-refractivity contribution in [3.8, 4) is 22.7 Å². The number of allylic oxidation sites excluding steroid dienone is 1. The van der Waals surface area contributed by atoms with E-state index in [9.17, 15) is 14.7 Å². The van der Waals surface area contributed by atoms with Gasteiger partial charge in [-0.25, -0.2) is 9.48 Å². The quantitative estimate of drug-likeness (QED) is 0.459. The first kappa shape index (κ1) is 19.5. The van der Waals surface area contributed by atoms with Gasteiger partial charge in [-0.15, -0.1) is 0 Å². The lowest BCUT2D eigenvalue weighted by Gasteiger charge is -2.02. The maximum absolute atomic E-state index is 12.9. The molecule has 1 N–H and O–H groups in total. The molecule has 32 heavy (non-hydrogen) atoms. The van der Waals surface area contributed by atoms with Crippen LogP contribution in [0, 0.1) is 6.92 Å². The van der Waals surface area contributed by atoms with Crippen LogP contribution in [0.2, 0.25) is 0 Å². The number of hydrogen-bond acceptors (Lipinski definition) is 4. The Balaban J connectivity index is 1.60. The Hall–Kier alpha value is -4.45. The molecule has 0 unspecified atom stereocenters. The Morgan fingerprint density at radius 2 is 1.78 bits per heavy atom. The highest BCUT2D eigenvalue weighted by Gasteiger charge is 2.29. The number of rotatable bonds is 4. The van der Waals surface area contributed by atoms with E-state index in [1.165, 1.54) is 18.2 Å². The Bertz CT molecular complexity index is 1380. The number of carbonyl (C=O) groups excluding carboxylic acids is 1. The van der Waals surface area contributed by atoms with E-state index in [4.69, 9.17) is 9.84 Å². The zero-order chi connectivity index (χ0) is 22.2. The molecule has 6 heteroatoms. The SMILES string of the molecule is Cc1ccc(-c2nn(-c3ccccc3)cc2C=C2Oc3ccc(C(=O)O)cc3C2=O)cc1. The van der Waals surface area contributed by atoms with Gasteiger partial charge in [-0.2, -0.15) is 5.10 Å². The highest BCUT2D eigenvalue weighted by atomic mass is 16.5. The van der Waals surface area contributed by atoms with Crippen molar-refractivity contribution in [2.24, 2.45) is 0 Å². The molecule has 0 aliphatic carbocycles. The van der Waals surface area contributed by atoms with Crippen molar-refractivity contribution in [3.05, 3.63) is 107 Å². The van der Waals surface area contributed by atoms with Gasteiger partial charge in [0, 0.05) is 17.3 Å². The number of carboxylic acid groups (broad SMARTS) is 1. The van der Waals surface area contributed by atoms with Crippen LogP contribution >= 0.6 is 0 Å². The minimum absolute atomic E-state index is 0.0409. The number of aryl methyl sites for hydroxylation is 1. The third-order valence-electron chi connectivity index (χ3n) is 5.29. The molecular formula is C26H18N2O4. The van der Waals surface area contributed by atoms with E-state index in [0.717, 1.165) is 16.8 Å². The molecule has 6 nitrogen and oxygen atoms in total. The number of aromatic nitrogens is 2. The fourth-order valence-corrected chi connectivity index (χ4v) is 3.60. The van der Waals surface area contributed by atoms with Crippen LogP contribution < -0.4 is 4.74 Å². The smallest absolute Gasteiger partial charge is 0.335 e. The second kappa shape index (κ2) is 7.67. The Morgan fingerprint density at radius 3 is 2.50 bits per heavy atom. The van der Waals surface area contributed by atoms with Gasteiger partial charge >= 0.3 is 5.97 Å². The monoisotopic (exact) mass is 422 g/mol. The van der Waals surface area contributed by atoms with Gasteiger partial charge in [0.15, 0.2) is 5.76 Å². The zero-order valence-corrected chi connectivity index (χ0v) is 17.1. The summed E-state index contributed by atoms with van der Waals surface area (Å²) >= 11 is 0. The number of para-hydroxylation sites is 1. The lowest BCUT2D eigenvalue weighted by Crippen LogP contribution is -2.00. The number of nitrogens with zero attached hydrogens (tertiary/aromatic N) is 2. The van der Waals surface area contributed by atoms with Crippen LogP contribution in [0.15, 0.2) is 84.8 Å². The average Bonchev–Trinajstić information content (AvgIpc) is 3.36. The normalized spacial score (nSPS) is 13.8. The summed E-state index contributed by atoms with van der Waals surface area (Å²) < 4.78 is 7.53. The van der Waals surface area contributed by atoms with E-state index in [-0.39, 0.29) is 22.7 Å². The van der Waals surface area contributed by atoms with Crippen LogP contribution in [0.4, 0.5) is 0 Å². The summed E-state index contributed by atoms with van der Waals surface area (Å²) in [4.78, 5) is 24.2. The second-order valence-corrected chi connectivity index (χ2v) is 7.54. The van der Waals surface area contributed by atoms with Crippen LogP contribution in [0.25, 0.3) is 23.0 Å². The minimum Gasteiger partial charge on any atom is -0.478 e. The summed E-state index contributed by atoms with van der Waals surface area (Å²) in [5.41, 5.74) is 4.64. The number of Topliss-reactive ketones (excluding diaryl/α,β-unsaturated/α-hetero) is 1. The number of hydrogen-bond donors (Lipinski definition) is 1. The van der Waals surface area contributed by atoms with E-state index < -0.39 is 5.97 Å². The molecule has 0 saturated carbocycles. The largest absolute Gasteiger partial charge is 0.478 e. The highest BCUT2D eigenvalue weighted by molar-refractivity contribution is 6.15. The van der Waals surface area contributed by atoms with Crippen LogP contribution in [0.1, 0.15) is 31.8 Å². The van der Waals surface area contributed by atoms with Crippen LogP contribution in [-0.4, -0.2) is 26.6 Å². The van der Waals surface area contributed by atoms with Crippen LogP contribution in [0.3, 0.4) is 0 Å². The van der Waals surface area contributed by atoms with E-state index in [2.05, 4.69) is 0 Å². The lowest BCUT2D eigenvalue weighted by atomic mass is 10.0. The maximum atomic E-state index is 12.9. The summed E-state index contributed by atoms with van der Waals surface area (Å²) in [7, 11) is 0. The molecule has 3 aromatic carbocycles. The highest BCUT2D eigenvalue weighted by Crippen LogP contribution is 2.34. The molecule has 2 heterocycles. The topological polar surface area (TPSA) is 81.4 Å². The molecular weight excluding hydrogens is 404 g/mol. The van der Waals surface area contributed by atoms with Crippen molar-refractivity contribution >= 4 is 17.8 Å². The first-order valence-corrected chi connectivity index (χ1v) is 10.0. The number of fused-ring (bicyclic) bond motifs is 1. The van der Waals surface area contributed by atoms with E-state index in [0.29, 0.717) is 17.0 Å². The number of aromatic carboxylic acids is 1. The van der Waals surface area contributed by atoms with Crippen molar-refractivity contribution in [2.45, 2.75) is 6.92 Å². The molecule has 5 rings (SSSR count). The molecule has 1 aliphatic heterocycles. The predicted octanol–water partition coefficient (Wildman–Crippen LogP) is 5.16. The lowest BCUT2D eigenvalue weighted by molar-refractivity contribution is 0.0697.